The molecule has 1 aromatic heterocycles. The first-order chi connectivity index (χ1) is 16.7. The number of rotatable bonds is 7. The second kappa shape index (κ2) is 9.64. The van der Waals surface area contributed by atoms with Crippen molar-refractivity contribution >= 4 is 41.0 Å². The number of furan rings is 1. The van der Waals surface area contributed by atoms with Gasteiger partial charge in [0.25, 0.3) is 17.7 Å². The maximum atomic E-state index is 12.7. The summed E-state index contributed by atoms with van der Waals surface area (Å²) in [5, 5.41) is 5.23. The molecule has 2 aromatic carbocycles. The number of amides is 4. The van der Waals surface area contributed by atoms with Crippen LogP contribution in [0.1, 0.15) is 50.7 Å². The van der Waals surface area contributed by atoms with Crippen molar-refractivity contribution in [3.63, 3.8) is 0 Å². The molecule has 3 aromatic rings. The second-order valence-corrected chi connectivity index (χ2v) is 7.83. The molecule has 0 aliphatic carbocycles. The van der Waals surface area contributed by atoms with E-state index in [1.807, 2.05) is 0 Å². The molecular formula is C25H21N3O7. The molecule has 0 fully saturated rings. The van der Waals surface area contributed by atoms with Crippen molar-refractivity contribution in [3.8, 4) is 0 Å². The molecule has 178 valence electrons. The molecule has 2 heterocycles. The number of nitrogens with one attached hydrogen (secondary N) is 2. The van der Waals surface area contributed by atoms with Gasteiger partial charge in [0.2, 0.25) is 5.91 Å². The fraction of sp³-hybridized carbons (Fsp3) is 0.160. The van der Waals surface area contributed by atoms with E-state index in [1.54, 1.807) is 36.4 Å². The summed E-state index contributed by atoms with van der Waals surface area (Å²) < 4.78 is 10.5. The highest BCUT2D eigenvalue weighted by Gasteiger charge is 2.36. The van der Waals surface area contributed by atoms with Gasteiger partial charge in [-0.3, -0.25) is 24.1 Å². The predicted molar refractivity (Wildman–Crippen MR) is 124 cm³/mol. The standard InChI is InChI=1S/C25H21N3O7/c1-14(22(30)27-18-8-6-17(7-9-18)26-15(2)29)35-25(33)16-5-10-20-21(12-16)24(32)28(23(20)31)13-19-4-3-11-34-19/h3-12,14H,13H2,1-2H3,(H,26,29)(H,27,30)/t14-/m0/s1. The first-order valence-electron chi connectivity index (χ1n) is 10.6. The summed E-state index contributed by atoms with van der Waals surface area (Å²) in [7, 11) is 0. The van der Waals surface area contributed by atoms with Crippen LogP contribution >= 0.6 is 0 Å². The number of carbonyl (C=O) groups is 5. The van der Waals surface area contributed by atoms with Gasteiger partial charge in [0.15, 0.2) is 6.10 Å². The summed E-state index contributed by atoms with van der Waals surface area (Å²) in [5.74, 6) is -2.19. The molecule has 0 saturated heterocycles. The molecule has 35 heavy (non-hydrogen) atoms. The molecule has 10 heteroatoms. The summed E-state index contributed by atoms with van der Waals surface area (Å²) in [6.07, 6.45) is 0.304. The number of benzene rings is 2. The fourth-order valence-electron chi connectivity index (χ4n) is 3.49. The average Bonchev–Trinajstić information content (AvgIpc) is 3.42. The summed E-state index contributed by atoms with van der Waals surface area (Å²) in [6, 6.07) is 13.8. The maximum Gasteiger partial charge on any atom is 0.338 e. The van der Waals surface area contributed by atoms with Crippen LogP contribution in [0.2, 0.25) is 0 Å². The molecule has 1 aliphatic heterocycles. The average molecular weight is 475 g/mol. The Labute approximate surface area is 199 Å². The van der Waals surface area contributed by atoms with E-state index in [9.17, 15) is 24.0 Å². The van der Waals surface area contributed by atoms with Gasteiger partial charge < -0.3 is 19.8 Å². The smallest absolute Gasteiger partial charge is 0.338 e. The van der Waals surface area contributed by atoms with E-state index >= 15 is 0 Å². The molecule has 1 atom stereocenters. The van der Waals surface area contributed by atoms with Gasteiger partial charge in [0.1, 0.15) is 5.76 Å². The molecular weight excluding hydrogens is 454 g/mol. The van der Waals surface area contributed by atoms with Crippen LogP contribution in [0.5, 0.6) is 0 Å². The highest BCUT2D eigenvalue weighted by Crippen LogP contribution is 2.26. The number of hydrogen-bond donors (Lipinski definition) is 2. The summed E-state index contributed by atoms with van der Waals surface area (Å²) in [4.78, 5) is 62.5. The largest absolute Gasteiger partial charge is 0.467 e. The topological polar surface area (TPSA) is 135 Å². The molecule has 0 spiro atoms. The minimum Gasteiger partial charge on any atom is -0.467 e. The monoisotopic (exact) mass is 475 g/mol. The fourth-order valence-corrected chi connectivity index (χ4v) is 3.49. The quantitative estimate of drug-likeness (QED) is 0.396. The zero-order valence-corrected chi connectivity index (χ0v) is 18.9. The van der Waals surface area contributed by atoms with Gasteiger partial charge in [-0.1, -0.05) is 0 Å². The molecule has 1 aliphatic rings. The molecule has 0 unspecified atom stereocenters. The van der Waals surface area contributed by atoms with Crippen molar-refractivity contribution in [3.05, 3.63) is 83.3 Å². The highest BCUT2D eigenvalue weighted by molar-refractivity contribution is 6.21. The van der Waals surface area contributed by atoms with E-state index in [0.29, 0.717) is 17.1 Å². The first kappa shape index (κ1) is 23.4. The number of imide groups is 1. The number of ether oxygens (including phenoxy) is 1. The Bertz CT molecular complexity index is 1310. The lowest BCUT2D eigenvalue weighted by molar-refractivity contribution is -0.123. The van der Waals surface area contributed by atoms with Crippen LogP contribution in [0, 0.1) is 0 Å². The number of anilines is 2. The Kier molecular flexibility index (Phi) is 6.45. The van der Waals surface area contributed by atoms with Crippen molar-refractivity contribution in [2.24, 2.45) is 0 Å². The van der Waals surface area contributed by atoms with Crippen molar-refractivity contribution in [1.29, 1.82) is 0 Å². The molecule has 2 N–H and O–H groups in total. The van der Waals surface area contributed by atoms with Crippen LogP contribution in [0.4, 0.5) is 11.4 Å². The third-order valence-corrected chi connectivity index (χ3v) is 5.23. The third kappa shape index (κ3) is 5.11. The lowest BCUT2D eigenvalue weighted by atomic mass is 10.1. The number of esters is 1. The van der Waals surface area contributed by atoms with Gasteiger partial charge in [0.05, 0.1) is 29.5 Å². The molecule has 10 nitrogen and oxygen atoms in total. The van der Waals surface area contributed by atoms with Crippen LogP contribution < -0.4 is 10.6 Å². The zero-order chi connectivity index (χ0) is 25.1. The van der Waals surface area contributed by atoms with Crippen LogP contribution in [0.3, 0.4) is 0 Å². The van der Waals surface area contributed by atoms with Crippen LogP contribution in [-0.2, 0) is 20.9 Å². The van der Waals surface area contributed by atoms with Crippen LogP contribution in [0.25, 0.3) is 0 Å². The van der Waals surface area contributed by atoms with E-state index in [4.69, 9.17) is 9.15 Å². The Hall–Kier alpha value is -4.73. The SMILES string of the molecule is CC(=O)Nc1ccc(NC(=O)[C@H](C)OC(=O)c2ccc3c(c2)C(=O)N(Cc2ccco2)C3=O)cc1. The number of nitrogens with zero attached hydrogens (tertiary/aromatic N) is 1. The lowest BCUT2D eigenvalue weighted by Gasteiger charge is -2.14. The Morgan fingerprint density at radius 2 is 1.60 bits per heavy atom. The molecule has 4 amide bonds. The van der Waals surface area contributed by atoms with Crippen molar-refractivity contribution < 1.29 is 33.1 Å². The summed E-state index contributed by atoms with van der Waals surface area (Å²) >= 11 is 0. The second-order valence-electron chi connectivity index (χ2n) is 7.83. The van der Waals surface area contributed by atoms with Crippen molar-refractivity contribution in [2.45, 2.75) is 26.5 Å². The molecule has 4 rings (SSSR count). The predicted octanol–water partition coefficient (Wildman–Crippen LogP) is 3.22. The Balaban J connectivity index is 1.39. The summed E-state index contributed by atoms with van der Waals surface area (Å²) in [6.45, 7) is 2.77. The molecule has 0 saturated carbocycles. The number of hydrogen-bond acceptors (Lipinski definition) is 7. The molecule has 0 bridgehead atoms. The van der Waals surface area contributed by atoms with Crippen LogP contribution in [0.15, 0.2) is 65.3 Å². The normalized spacial score (nSPS) is 13.3. The Morgan fingerprint density at radius 3 is 2.23 bits per heavy atom. The lowest BCUT2D eigenvalue weighted by Crippen LogP contribution is -2.30. The number of carbonyl (C=O) groups excluding carboxylic acids is 5. The zero-order valence-electron chi connectivity index (χ0n) is 18.9. The maximum absolute atomic E-state index is 12.7. The van der Waals surface area contributed by atoms with Gasteiger partial charge in [-0.2, -0.15) is 0 Å². The summed E-state index contributed by atoms with van der Waals surface area (Å²) in [5.41, 5.74) is 1.30. The van der Waals surface area contributed by atoms with E-state index < -0.39 is 29.8 Å². The van der Waals surface area contributed by atoms with Crippen molar-refractivity contribution in [2.75, 3.05) is 10.6 Å². The molecule has 0 radical (unpaired) electrons. The minimum absolute atomic E-state index is 0.0257. The van der Waals surface area contributed by atoms with E-state index in [2.05, 4.69) is 10.6 Å². The number of fused-ring (bicyclic) bond motifs is 1. The van der Waals surface area contributed by atoms with Gasteiger partial charge >= 0.3 is 5.97 Å². The van der Waals surface area contributed by atoms with E-state index in [-0.39, 0.29) is 29.1 Å². The van der Waals surface area contributed by atoms with Gasteiger partial charge in [-0.05, 0) is 61.5 Å². The first-order valence-corrected chi connectivity index (χ1v) is 10.6. The van der Waals surface area contributed by atoms with Gasteiger partial charge in [-0.25, -0.2) is 4.79 Å². The van der Waals surface area contributed by atoms with Crippen molar-refractivity contribution in [1.82, 2.24) is 4.90 Å². The van der Waals surface area contributed by atoms with Crippen LogP contribution in [-0.4, -0.2) is 40.6 Å². The highest BCUT2D eigenvalue weighted by atomic mass is 16.5. The van der Waals surface area contributed by atoms with E-state index in [1.165, 1.54) is 38.3 Å². The van der Waals surface area contributed by atoms with E-state index in [0.717, 1.165) is 4.90 Å². The Morgan fingerprint density at radius 1 is 0.943 bits per heavy atom. The van der Waals surface area contributed by atoms with Gasteiger partial charge in [-0.15, -0.1) is 0 Å². The van der Waals surface area contributed by atoms with Gasteiger partial charge in [0, 0.05) is 18.3 Å². The third-order valence-electron chi connectivity index (χ3n) is 5.23. The minimum atomic E-state index is -1.14.